The Kier molecular flexibility index (Phi) is 4.36. The third-order valence-corrected chi connectivity index (χ3v) is 3.08. The molecule has 2 rings (SSSR count). The van der Waals surface area contributed by atoms with Crippen LogP contribution >= 0.6 is 0 Å². The maximum absolute atomic E-state index is 12.0. The Morgan fingerprint density at radius 3 is 2.21 bits per heavy atom. The highest BCUT2D eigenvalue weighted by molar-refractivity contribution is 6.08. The van der Waals surface area contributed by atoms with Crippen LogP contribution in [-0.2, 0) is 4.79 Å². The Hall–Kier alpha value is -3.62. The van der Waals surface area contributed by atoms with Gasteiger partial charge in [-0.25, -0.2) is 9.59 Å². The monoisotopic (exact) mass is 332 g/mol. The number of nitrogen functional groups attached to an aromatic ring is 1. The number of hydrogen-bond donors (Lipinski definition) is 4. The number of carboxylic acids is 2. The number of pyridine rings is 1. The Morgan fingerprint density at radius 2 is 1.67 bits per heavy atom. The van der Waals surface area contributed by atoms with Gasteiger partial charge in [0.2, 0.25) is 0 Å². The first-order valence-electron chi connectivity index (χ1n) is 6.54. The number of nitrogens with one attached hydrogen (secondary N) is 1. The smallest absolute Gasteiger partial charge is 0.342 e. The lowest BCUT2D eigenvalue weighted by molar-refractivity contribution is -0.131. The van der Waals surface area contributed by atoms with Crippen molar-refractivity contribution in [3.63, 3.8) is 0 Å². The van der Waals surface area contributed by atoms with Gasteiger partial charge in [0.15, 0.2) is 0 Å². The summed E-state index contributed by atoms with van der Waals surface area (Å²) >= 11 is 0. The molecule has 0 amide bonds. The van der Waals surface area contributed by atoms with E-state index in [0.29, 0.717) is 0 Å². The van der Waals surface area contributed by atoms with E-state index in [9.17, 15) is 29.4 Å². The zero-order chi connectivity index (χ0) is 18.0. The summed E-state index contributed by atoms with van der Waals surface area (Å²) in [6.45, 7) is 1.12. The second-order valence-electron chi connectivity index (χ2n) is 4.69. The molecule has 0 atom stereocenters. The van der Waals surface area contributed by atoms with E-state index >= 15 is 0 Å². The summed E-state index contributed by atoms with van der Waals surface area (Å²) in [5.74, 6) is -4.50. The van der Waals surface area contributed by atoms with Gasteiger partial charge in [-0.05, 0) is 6.07 Å². The van der Waals surface area contributed by atoms with Gasteiger partial charge < -0.3 is 25.7 Å². The number of aromatic amines is 1. The molecule has 1 aromatic heterocycles. The van der Waals surface area contributed by atoms with E-state index in [0.717, 1.165) is 6.92 Å². The average Bonchev–Trinajstić information content (AvgIpc) is 2.45. The van der Waals surface area contributed by atoms with Crippen LogP contribution in [0.4, 0.5) is 5.82 Å². The molecule has 0 spiro atoms. The fourth-order valence-corrected chi connectivity index (χ4v) is 2.23. The molecule has 0 aliphatic rings. The van der Waals surface area contributed by atoms with Crippen molar-refractivity contribution in [2.45, 2.75) is 6.92 Å². The molecule has 0 aliphatic carbocycles. The fourth-order valence-electron chi connectivity index (χ4n) is 2.23. The molecule has 5 N–H and O–H groups in total. The lowest BCUT2D eigenvalue weighted by atomic mass is 9.94. The highest BCUT2D eigenvalue weighted by atomic mass is 16.5. The molecule has 0 saturated heterocycles. The van der Waals surface area contributed by atoms with E-state index in [1.807, 2.05) is 4.98 Å². The lowest BCUT2D eigenvalue weighted by Crippen LogP contribution is -2.24. The predicted molar refractivity (Wildman–Crippen MR) is 82.1 cm³/mol. The summed E-state index contributed by atoms with van der Waals surface area (Å²) in [6, 6.07) is 5.63. The van der Waals surface area contributed by atoms with Gasteiger partial charge in [-0.15, -0.1) is 0 Å². The van der Waals surface area contributed by atoms with E-state index in [1.165, 1.54) is 24.3 Å². The number of carbonyl (C=O) groups is 3. The highest BCUT2D eigenvalue weighted by Gasteiger charge is 2.28. The minimum absolute atomic E-state index is 0.0553. The van der Waals surface area contributed by atoms with Gasteiger partial charge in [-0.2, -0.15) is 0 Å². The van der Waals surface area contributed by atoms with Crippen LogP contribution in [0, 0.1) is 0 Å². The number of ether oxygens (including phenoxy) is 1. The Morgan fingerprint density at radius 1 is 1.08 bits per heavy atom. The molecule has 0 radical (unpaired) electrons. The quantitative estimate of drug-likeness (QED) is 0.475. The van der Waals surface area contributed by atoms with Gasteiger partial charge in [0.1, 0.15) is 22.7 Å². The molecule has 1 aromatic carbocycles. The van der Waals surface area contributed by atoms with Gasteiger partial charge in [0, 0.05) is 18.1 Å². The van der Waals surface area contributed by atoms with Crippen LogP contribution in [0.2, 0.25) is 0 Å². The molecule has 24 heavy (non-hydrogen) atoms. The topological polar surface area (TPSA) is 160 Å². The maximum Gasteiger partial charge on any atom is 0.342 e. The van der Waals surface area contributed by atoms with Crippen LogP contribution in [0.5, 0.6) is 5.75 Å². The molecule has 0 aliphatic heterocycles. The van der Waals surface area contributed by atoms with Crippen LogP contribution in [0.15, 0.2) is 29.1 Å². The van der Waals surface area contributed by atoms with Crippen LogP contribution in [-0.4, -0.2) is 33.1 Å². The van der Waals surface area contributed by atoms with E-state index < -0.39 is 46.0 Å². The van der Waals surface area contributed by atoms with Gasteiger partial charge >= 0.3 is 17.9 Å². The number of rotatable bonds is 4. The van der Waals surface area contributed by atoms with Crippen molar-refractivity contribution in [2.75, 3.05) is 5.73 Å². The van der Waals surface area contributed by atoms with Crippen LogP contribution in [0.1, 0.15) is 27.6 Å². The molecule has 0 fully saturated rings. The predicted octanol–water partition coefficient (Wildman–Crippen LogP) is 0.946. The first-order chi connectivity index (χ1) is 11.2. The van der Waals surface area contributed by atoms with Crippen molar-refractivity contribution in [1.82, 2.24) is 4.98 Å². The number of aromatic carboxylic acids is 2. The minimum atomic E-state index is -1.65. The van der Waals surface area contributed by atoms with Crippen LogP contribution in [0.3, 0.4) is 0 Å². The molecule has 2 aromatic rings. The molecule has 9 heteroatoms. The van der Waals surface area contributed by atoms with Crippen molar-refractivity contribution in [3.8, 4) is 16.9 Å². The minimum Gasteiger partial charge on any atom is -0.478 e. The molecular formula is C15H12N2O7. The van der Waals surface area contributed by atoms with Gasteiger partial charge in [-0.1, -0.05) is 18.2 Å². The normalized spacial score (nSPS) is 10.2. The molecule has 0 unspecified atom stereocenters. The van der Waals surface area contributed by atoms with Crippen molar-refractivity contribution >= 4 is 23.7 Å². The number of aromatic nitrogens is 1. The SMILES string of the molecule is CC(=O)Oc1ccccc1-c1c(C(=O)O)c(N)[nH]c(=O)c1C(=O)O. The molecule has 0 saturated carbocycles. The third-order valence-electron chi connectivity index (χ3n) is 3.08. The van der Waals surface area contributed by atoms with E-state index in [1.54, 1.807) is 0 Å². The molecule has 9 nitrogen and oxygen atoms in total. The van der Waals surface area contributed by atoms with Crippen molar-refractivity contribution < 1.29 is 29.3 Å². The lowest BCUT2D eigenvalue weighted by Gasteiger charge is -2.14. The maximum atomic E-state index is 12.0. The molecule has 124 valence electrons. The van der Waals surface area contributed by atoms with Gasteiger partial charge in [0.25, 0.3) is 5.56 Å². The number of para-hydroxylation sites is 1. The number of hydrogen-bond acceptors (Lipinski definition) is 6. The summed E-state index contributed by atoms with van der Waals surface area (Å²) in [6.07, 6.45) is 0. The Labute approximate surface area is 134 Å². The Bertz CT molecular complexity index is 915. The second kappa shape index (κ2) is 6.24. The largest absolute Gasteiger partial charge is 0.478 e. The average molecular weight is 332 g/mol. The number of H-pyrrole nitrogens is 1. The third kappa shape index (κ3) is 2.95. The number of carbonyl (C=O) groups excluding carboxylic acids is 1. The first kappa shape index (κ1) is 16.7. The number of carboxylic acid groups (broad SMARTS) is 2. The van der Waals surface area contributed by atoms with E-state index in [-0.39, 0.29) is 11.3 Å². The highest BCUT2D eigenvalue weighted by Crippen LogP contribution is 2.35. The van der Waals surface area contributed by atoms with Crippen molar-refractivity contribution in [2.24, 2.45) is 0 Å². The summed E-state index contributed by atoms with van der Waals surface area (Å²) in [5, 5.41) is 18.7. The van der Waals surface area contributed by atoms with Gasteiger partial charge in [-0.3, -0.25) is 9.59 Å². The van der Waals surface area contributed by atoms with Crippen molar-refractivity contribution in [3.05, 3.63) is 45.7 Å². The first-order valence-corrected chi connectivity index (χ1v) is 6.54. The van der Waals surface area contributed by atoms with E-state index in [2.05, 4.69) is 0 Å². The van der Waals surface area contributed by atoms with Gasteiger partial charge in [0.05, 0.1) is 0 Å². The van der Waals surface area contributed by atoms with E-state index in [4.69, 9.17) is 10.5 Å². The fraction of sp³-hybridized carbons (Fsp3) is 0.0667. The molecular weight excluding hydrogens is 320 g/mol. The summed E-state index contributed by atoms with van der Waals surface area (Å²) in [7, 11) is 0. The number of benzene rings is 1. The van der Waals surface area contributed by atoms with Crippen molar-refractivity contribution in [1.29, 1.82) is 0 Å². The standard InChI is InChI=1S/C15H12N2O7/c1-6(18)24-8-5-3-2-4-7(8)9-10(14(20)21)12(16)17-13(19)11(9)15(22)23/h2-5H,1H3,(H,20,21)(H,22,23)(H3,16,17,19). The Balaban J connectivity index is 2.98. The molecule has 1 heterocycles. The number of esters is 1. The summed E-state index contributed by atoms with van der Waals surface area (Å²) in [4.78, 5) is 48.2. The van der Waals surface area contributed by atoms with Crippen LogP contribution in [0.25, 0.3) is 11.1 Å². The zero-order valence-corrected chi connectivity index (χ0v) is 12.3. The zero-order valence-electron chi connectivity index (χ0n) is 12.3. The number of nitrogens with two attached hydrogens (primary N) is 1. The van der Waals surface area contributed by atoms with Crippen LogP contribution < -0.4 is 16.0 Å². The summed E-state index contributed by atoms with van der Waals surface area (Å²) < 4.78 is 4.97. The number of anilines is 1. The second-order valence-corrected chi connectivity index (χ2v) is 4.69. The summed E-state index contributed by atoms with van der Waals surface area (Å²) in [5.41, 5.74) is 2.56. The molecule has 0 bridgehead atoms.